The van der Waals surface area contributed by atoms with Crippen LogP contribution in [0.1, 0.15) is 11.4 Å². The molecule has 0 saturated heterocycles. The summed E-state index contributed by atoms with van der Waals surface area (Å²) in [6.45, 7) is 0. The van der Waals surface area contributed by atoms with Crippen molar-refractivity contribution in [3.05, 3.63) is 56.5 Å². The van der Waals surface area contributed by atoms with Gasteiger partial charge in [-0.3, -0.25) is 4.79 Å². The summed E-state index contributed by atoms with van der Waals surface area (Å²) in [5, 5.41) is 10.2. The van der Waals surface area contributed by atoms with Gasteiger partial charge in [-0.2, -0.15) is 0 Å². The zero-order valence-electron chi connectivity index (χ0n) is 13.8. The first-order valence-electron chi connectivity index (χ1n) is 7.45. The summed E-state index contributed by atoms with van der Waals surface area (Å²) in [6, 6.07) is 8.11. The summed E-state index contributed by atoms with van der Waals surface area (Å²) in [5.41, 5.74) is 0.818. The zero-order valence-corrected chi connectivity index (χ0v) is 16.2. The van der Waals surface area contributed by atoms with Gasteiger partial charge in [0.05, 0.1) is 34.6 Å². The van der Waals surface area contributed by atoms with Crippen molar-refractivity contribution in [2.24, 2.45) is 0 Å². The number of hydrogen-bond acceptors (Lipinski definition) is 5. The number of H-pyrrole nitrogens is 1. The Morgan fingerprint density at radius 3 is 2.58 bits per heavy atom. The van der Waals surface area contributed by atoms with Crippen LogP contribution >= 0.6 is 27.5 Å². The number of aromatic amines is 1. The predicted molar refractivity (Wildman–Crippen MR) is 105 cm³/mol. The number of hydrogen-bond donors (Lipinski definition) is 2. The average molecular weight is 438 g/mol. The summed E-state index contributed by atoms with van der Waals surface area (Å²) < 4.78 is 11.0. The third-order valence-corrected chi connectivity index (χ3v) is 4.63. The maximum absolute atomic E-state index is 12.4. The van der Waals surface area contributed by atoms with E-state index in [1.165, 1.54) is 20.3 Å². The number of phenolic OH excluding ortho intramolecular Hbond substituents is 1. The van der Waals surface area contributed by atoms with Gasteiger partial charge in [0, 0.05) is 6.07 Å². The van der Waals surface area contributed by atoms with Crippen LogP contribution in [0.3, 0.4) is 0 Å². The molecule has 0 unspecified atom stereocenters. The fourth-order valence-electron chi connectivity index (χ4n) is 2.41. The molecule has 3 rings (SSSR count). The Morgan fingerprint density at radius 1 is 1.23 bits per heavy atom. The molecule has 0 spiro atoms. The Morgan fingerprint density at radius 2 is 1.92 bits per heavy atom. The molecule has 0 radical (unpaired) electrons. The van der Waals surface area contributed by atoms with Crippen molar-refractivity contribution in [3.8, 4) is 17.2 Å². The largest absolute Gasteiger partial charge is 0.507 e. The second kappa shape index (κ2) is 7.39. The second-order valence-electron chi connectivity index (χ2n) is 5.34. The molecule has 0 aliphatic heterocycles. The topological polar surface area (TPSA) is 84.4 Å². The highest BCUT2D eigenvalue weighted by molar-refractivity contribution is 9.10. The number of halogens is 2. The minimum Gasteiger partial charge on any atom is -0.507 e. The molecule has 1 heterocycles. The molecule has 6 nitrogen and oxygen atoms in total. The lowest BCUT2D eigenvalue weighted by Crippen LogP contribution is -2.11. The SMILES string of the molecule is COc1cc2nc(/C(Cl)=C/c3ccc(O)c(Br)c3)[nH]c(=O)c2cc1OC. The van der Waals surface area contributed by atoms with Gasteiger partial charge in [-0.25, -0.2) is 4.98 Å². The Labute approximate surface area is 162 Å². The standard InChI is InChI=1S/C18H14BrClN2O4/c1-25-15-7-10-13(8-16(15)26-2)21-17(22-18(10)24)12(20)6-9-3-4-14(23)11(19)5-9/h3-8,23H,1-2H3,(H,21,22,24)/b12-6-. The lowest BCUT2D eigenvalue weighted by atomic mass is 10.2. The summed E-state index contributed by atoms with van der Waals surface area (Å²) in [5.74, 6) is 1.25. The second-order valence-corrected chi connectivity index (χ2v) is 6.60. The predicted octanol–water partition coefficient (Wildman–Crippen LogP) is 4.15. The smallest absolute Gasteiger partial charge is 0.259 e. The molecule has 26 heavy (non-hydrogen) atoms. The van der Waals surface area contributed by atoms with E-state index in [0.29, 0.717) is 26.9 Å². The van der Waals surface area contributed by atoms with Gasteiger partial charge in [-0.1, -0.05) is 17.7 Å². The molecular weight excluding hydrogens is 424 g/mol. The van der Waals surface area contributed by atoms with Crippen LogP contribution in [0.5, 0.6) is 17.2 Å². The van der Waals surface area contributed by atoms with E-state index in [1.807, 2.05) is 0 Å². The highest BCUT2D eigenvalue weighted by Crippen LogP contribution is 2.31. The number of phenols is 1. The molecule has 1 aromatic heterocycles. The van der Waals surface area contributed by atoms with Crippen molar-refractivity contribution in [1.29, 1.82) is 0 Å². The van der Waals surface area contributed by atoms with Crippen LogP contribution in [0.2, 0.25) is 0 Å². The summed E-state index contributed by atoms with van der Waals surface area (Å²) in [6.07, 6.45) is 1.64. The number of nitrogens with zero attached hydrogens (tertiary/aromatic N) is 1. The third kappa shape index (κ3) is 3.54. The third-order valence-electron chi connectivity index (χ3n) is 3.70. The van der Waals surface area contributed by atoms with Crippen LogP contribution in [0, 0.1) is 0 Å². The summed E-state index contributed by atoms with van der Waals surface area (Å²) >= 11 is 9.58. The van der Waals surface area contributed by atoms with Gasteiger partial charge in [0.25, 0.3) is 5.56 Å². The van der Waals surface area contributed by atoms with Crippen LogP contribution in [0.25, 0.3) is 22.0 Å². The Hall–Kier alpha value is -2.51. The normalized spacial score (nSPS) is 11.6. The molecule has 0 atom stereocenters. The minimum absolute atomic E-state index is 0.122. The van der Waals surface area contributed by atoms with Crippen molar-refractivity contribution >= 4 is 49.5 Å². The number of ether oxygens (including phenoxy) is 2. The number of rotatable bonds is 4. The molecule has 3 aromatic rings. The van der Waals surface area contributed by atoms with Crippen molar-refractivity contribution in [2.45, 2.75) is 0 Å². The molecule has 0 amide bonds. The molecule has 2 aromatic carbocycles. The first-order chi connectivity index (χ1) is 12.4. The van der Waals surface area contributed by atoms with E-state index in [1.54, 1.807) is 30.3 Å². The number of nitrogens with one attached hydrogen (secondary N) is 1. The van der Waals surface area contributed by atoms with Gasteiger partial charge >= 0.3 is 0 Å². The maximum atomic E-state index is 12.4. The molecule has 2 N–H and O–H groups in total. The quantitative estimate of drug-likeness (QED) is 0.641. The molecular formula is C18H14BrClN2O4. The van der Waals surface area contributed by atoms with E-state index in [4.69, 9.17) is 21.1 Å². The highest BCUT2D eigenvalue weighted by atomic mass is 79.9. The fourth-order valence-corrected chi connectivity index (χ4v) is 3.02. The zero-order chi connectivity index (χ0) is 18.8. The van der Waals surface area contributed by atoms with Crippen LogP contribution < -0.4 is 15.0 Å². The molecule has 0 aliphatic rings. The molecule has 134 valence electrons. The van der Waals surface area contributed by atoms with Crippen molar-refractivity contribution in [2.75, 3.05) is 14.2 Å². The number of aromatic hydroxyl groups is 1. The van der Waals surface area contributed by atoms with Gasteiger partial charge in [0.2, 0.25) is 0 Å². The number of benzene rings is 2. The number of aromatic nitrogens is 2. The van der Waals surface area contributed by atoms with E-state index in [-0.39, 0.29) is 22.2 Å². The summed E-state index contributed by atoms with van der Waals surface area (Å²) in [7, 11) is 3.00. The van der Waals surface area contributed by atoms with E-state index in [0.717, 1.165) is 5.56 Å². The summed E-state index contributed by atoms with van der Waals surface area (Å²) in [4.78, 5) is 19.5. The molecule has 8 heteroatoms. The molecule has 0 bridgehead atoms. The minimum atomic E-state index is -0.343. The number of methoxy groups -OCH3 is 2. The van der Waals surface area contributed by atoms with Gasteiger partial charge in [-0.05, 0) is 45.8 Å². The fraction of sp³-hybridized carbons (Fsp3) is 0.111. The molecule has 0 aliphatic carbocycles. The average Bonchev–Trinajstić information content (AvgIpc) is 2.63. The van der Waals surface area contributed by atoms with E-state index < -0.39 is 0 Å². The maximum Gasteiger partial charge on any atom is 0.259 e. The first kappa shape index (κ1) is 18.3. The Bertz CT molecular complexity index is 1080. The van der Waals surface area contributed by atoms with E-state index in [9.17, 15) is 9.90 Å². The van der Waals surface area contributed by atoms with Crippen molar-refractivity contribution in [3.63, 3.8) is 0 Å². The van der Waals surface area contributed by atoms with Crippen LogP contribution in [-0.2, 0) is 0 Å². The lowest BCUT2D eigenvalue weighted by molar-refractivity contribution is 0.355. The monoisotopic (exact) mass is 436 g/mol. The highest BCUT2D eigenvalue weighted by Gasteiger charge is 2.12. The van der Waals surface area contributed by atoms with Crippen LogP contribution in [0.15, 0.2) is 39.6 Å². The Kier molecular flexibility index (Phi) is 5.20. The van der Waals surface area contributed by atoms with Crippen molar-refractivity contribution < 1.29 is 14.6 Å². The molecule has 0 fully saturated rings. The molecule has 0 saturated carbocycles. The van der Waals surface area contributed by atoms with E-state index in [2.05, 4.69) is 25.9 Å². The van der Waals surface area contributed by atoms with Gasteiger partial charge in [0.15, 0.2) is 17.3 Å². The van der Waals surface area contributed by atoms with Crippen molar-refractivity contribution in [1.82, 2.24) is 9.97 Å². The Balaban J connectivity index is 2.11. The van der Waals surface area contributed by atoms with Crippen LogP contribution in [-0.4, -0.2) is 29.3 Å². The number of fused-ring (bicyclic) bond motifs is 1. The van der Waals surface area contributed by atoms with Gasteiger partial charge in [-0.15, -0.1) is 0 Å². The lowest BCUT2D eigenvalue weighted by Gasteiger charge is -2.09. The van der Waals surface area contributed by atoms with E-state index >= 15 is 0 Å². The van der Waals surface area contributed by atoms with Gasteiger partial charge < -0.3 is 19.6 Å². The van der Waals surface area contributed by atoms with Crippen LogP contribution in [0.4, 0.5) is 0 Å². The van der Waals surface area contributed by atoms with Gasteiger partial charge in [0.1, 0.15) is 5.75 Å². The first-order valence-corrected chi connectivity index (χ1v) is 8.62.